The first-order valence-electron chi connectivity index (χ1n) is 4.74. The van der Waals surface area contributed by atoms with E-state index in [0.29, 0.717) is 0 Å². The van der Waals surface area contributed by atoms with Gasteiger partial charge in [-0.1, -0.05) is 11.6 Å². The molecule has 70 valence electrons. The molecule has 1 aliphatic heterocycles. The predicted octanol–water partition coefficient (Wildman–Crippen LogP) is 1.41. The monoisotopic (exact) mass is 169 g/mol. The molecule has 1 N–H and O–H groups in total. The van der Waals surface area contributed by atoms with Gasteiger partial charge in [-0.2, -0.15) is 0 Å². The molecule has 2 nitrogen and oxygen atoms in total. The Labute approximate surface area is 74.9 Å². The first-order chi connectivity index (χ1) is 5.72. The van der Waals surface area contributed by atoms with Crippen LogP contribution in [0.1, 0.15) is 26.7 Å². The lowest BCUT2D eigenvalue weighted by Crippen LogP contribution is -2.38. The van der Waals surface area contributed by atoms with Gasteiger partial charge in [-0.15, -0.1) is 0 Å². The summed E-state index contributed by atoms with van der Waals surface area (Å²) in [6, 6.07) is 0. The number of β-amino-alcohol motifs (C(OH)–C–C–N with tert-alkyl or cyclic N) is 1. The smallest absolute Gasteiger partial charge is 0.0667 e. The first-order valence-corrected chi connectivity index (χ1v) is 4.74. The molecule has 1 aliphatic rings. The van der Waals surface area contributed by atoms with Gasteiger partial charge in [0.1, 0.15) is 0 Å². The maximum atomic E-state index is 9.40. The fourth-order valence-corrected chi connectivity index (χ4v) is 1.62. The Morgan fingerprint density at radius 1 is 1.67 bits per heavy atom. The topological polar surface area (TPSA) is 23.5 Å². The molecule has 0 amide bonds. The Hall–Kier alpha value is -0.340. The zero-order valence-electron chi connectivity index (χ0n) is 8.08. The summed E-state index contributed by atoms with van der Waals surface area (Å²) in [7, 11) is 0. The molecule has 0 radical (unpaired) electrons. The van der Waals surface area contributed by atoms with E-state index in [1.54, 1.807) is 0 Å². The molecular formula is C10H19NO. The minimum absolute atomic E-state index is 0.0941. The van der Waals surface area contributed by atoms with Gasteiger partial charge in [-0.05, 0) is 33.2 Å². The molecule has 0 aromatic rings. The second-order valence-electron chi connectivity index (χ2n) is 3.67. The number of nitrogens with zero attached hydrogens (tertiary/aromatic N) is 1. The molecule has 0 bridgehead atoms. The summed E-state index contributed by atoms with van der Waals surface area (Å²) in [4.78, 5) is 2.32. The van der Waals surface area contributed by atoms with E-state index in [-0.39, 0.29) is 6.10 Å². The molecular weight excluding hydrogens is 150 g/mol. The highest BCUT2D eigenvalue weighted by Crippen LogP contribution is 2.10. The van der Waals surface area contributed by atoms with E-state index in [4.69, 9.17) is 0 Å². The number of rotatable bonds is 2. The molecule has 0 aliphatic carbocycles. The molecule has 1 heterocycles. The Bertz CT molecular complexity index is 165. The van der Waals surface area contributed by atoms with E-state index in [1.807, 2.05) is 0 Å². The quantitative estimate of drug-likeness (QED) is 0.632. The third-order valence-corrected chi connectivity index (χ3v) is 2.45. The Balaban J connectivity index is 2.32. The van der Waals surface area contributed by atoms with Crippen LogP contribution >= 0.6 is 0 Å². The molecule has 0 aromatic heterocycles. The van der Waals surface area contributed by atoms with Gasteiger partial charge in [0.05, 0.1) is 6.10 Å². The number of aliphatic hydroxyl groups excluding tert-OH is 1. The van der Waals surface area contributed by atoms with E-state index in [1.165, 1.54) is 5.57 Å². The number of likely N-dealkylation sites (tertiary alicyclic amines) is 1. The van der Waals surface area contributed by atoms with Crippen LogP contribution in [0.2, 0.25) is 0 Å². The van der Waals surface area contributed by atoms with Crippen molar-refractivity contribution in [1.82, 2.24) is 4.90 Å². The van der Waals surface area contributed by atoms with Crippen LogP contribution in [0.3, 0.4) is 0 Å². The van der Waals surface area contributed by atoms with Crippen LogP contribution < -0.4 is 0 Å². The maximum absolute atomic E-state index is 9.40. The first kappa shape index (κ1) is 9.75. The van der Waals surface area contributed by atoms with Crippen LogP contribution in [0.5, 0.6) is 0 Å². The van der Waals surface area contributed by atoms with Gasteiger partial charge in [0.15, 0.2) is 0 Å². The largest absolute Gasteiger partial charge is 0.392 e. The highest BCUT2D eigenvalue weighted by Gasteiger charge is 2.16. The van der Waals surface area contributed by atoms with E-state index in [9.17, 15) is 5.11 Å². The van der Waals surface area contributed by atoms with Crippen LogP contribution in [0.15, 0.2) is 11.6 Å². The average Bonchev–Trinajstić information content (AvgIpc) is 2.04. The molecule has 12 heavy (non-hydrogen) atoms. The number of aliphatic hydroxyl groups is 1. The molecule has 1 saturated heterocycles. The van der Waals surface area contributed by atoms with Crippen molar-refractivity contribution in [2.24, 2.45) is 0 Å². The van der Waals surface area contributed by atoms with E-state index in [2.05, 4.69) is 24.8 Å². The van der Waals surface area contributed by atoms with Crippen molar-refractivity contribution >= 4 is 0 Å². The van der Waals surface area contributed by atoms with Gasteiger partial charge in [0, 0.05) is 13.1 Å². The lowest BCUT2D eigenvalue weighted by molar-refractivity contribution is 0.0757. The van der Waals surface area contributed by atoms with Crippen molar-refractivity contribution in [2.45, 2.75) is 32.8 Å². The van der Waals surface area contributed by atoms with Crippen molar-refractivity contribution in [2.75, 3.05) is 19.6 Å². The van der Waals surface area contributed by atoms with E-state index in [0.717, 1.165) is 32.5 Å². The fraction of sp³-hybridized carbons (Fsp3) is 0.800. The summed E-state index contributed by atoms with van der Waals surface area (Å²) in [5, 5.41) is 9.40. The number of hydrogen-bond donors (Lipinski definition) is 1. The van der Waals surface area contributed by atoms with E-state index >= 15 is 0 Å². The summed E-state index contributed by atoms with van der Waals surface area (Å²) in [6.45, 7) is 7.22. The molecule has 1 rings (SSSR count). The molecule has 0 unspecified atom stereocenters. The van der Waals surface area contributed by atoms with Gasteiger partial charge in [0.2, 0.25) is 0 Å². The van der Waals surface area contributed by atoms with Gasteiger partial charge in [-0.25, -0.2) is 0 Å². The van der Waals surface area contributed by atoms with Crippen molar-refractivity contribution in [1.29, 1.82) is 0 Å². The summed E-state index contributed by atoms with van der Waals surface area (Å²) >= 11 is 0. The third-order valence-electron chi connectivity index (χ3n) is 2.45. The molecule has 2 heteroatoms. The Kier molecular flexibility index (Phi) is 3.76. The number of allylic oxidation sites excluding steroid dienone is 1. The summed E-state index contributed by atoms with van der Waals surface area (Å²) in [5.41, 5.74) is 1.39. The second-order valence-corrected chi connectivity index (χ2v) is 3.67. The zero-order chi connectivity index (χ0) is 8.97. The normalized spacial score (nSPS) is 27.6. The standard InChI is InChI=1S/C10H19NO/c1-3-9(2)7-11-6-4-5-10(12)8-11/h3,10,12H,4-8H2,1-2H3/b9-3+/t10-/m1/s1. The summed E-state index contributed by atoms with van der Waals surface area (Å²) in [6.07, 6.45) is 4.16. The van der Waals surface area contributed by atoms with Crippen molar-refractivity contribution in [3.63, 3.8) is 0 Å². The predicted molar refractivity (Wildman–Crippen MR) is 51.1 cm³/mol. The Morgan fingerprint density at radius 3 is 3.00 bits per heavy atom. The van der Waals surface area contributed by atoms with Crippen LogP contribution in [-0.2, 0) is 0 Å². The summed E-state index contributed by atoms with van der Waals surface area (Å²) in [5.74, 6) is 0. The fourth-order valence-electron chi connectivity index (χ4n) is 1.62. The van der Waals surface area contributed by atoms with Crippen molar-refractivity contribution < 1.29 is 5.11 Å². The van der Waals surface area contributed by atoms with E-state index < -0.39 is 0 Å². The minimum Gasteiger partial charge on any atom is -0.392 e. The minimum atomic E-state index is -0.0941. The van der Waals surface area contributed by atoms with Crippen LogP contribution in [0, 0.1) is 0 Å². The summed E-state index contributed by atoms with van der Waals surface area (Å²) < 4.78 is 0. The molecule has 0 saturated carbocycles. The molecule has 0 aromatic carbocycles. The van der Waals surface area contributed by atoms with Gasteiger partial charge in [0.25, 0.3) is 0 Å². The maximum Gasteiger partial charge on any atom is 0.0667 e. The zero-order valence-corrected chi connectivity index (χ0v) is 8.08. The van der Waals surface area contributed by atoms with Crippen molar-refractivity contribution in [3.05, 3.63) is 11.6 Å². The van der Waals surface area contributed by atoms with Gasteiger partial charge < -0.3 is 5.11 Å². The van der Waals surface area contributed by atoms with Crippen molar-refractivity contribution in [3.8, 4) is 0 Å². The number of piperidine rings is 1. The average molecular weight is 169 g/mol. The highest BCUT2D eigenvalue weighted by molar-refractivity contribution is 4.99. The highest BCUT2D eigenvalue weighted by atomic mass is 16.3. The lowest BCUT2D eigenvalue weighted by Gasteiger charge is -2.30. The Morgan fingerprint density at radius 2 is 2.42 bits per heavy atom. The van der Waals surface area contributed by atoms with Gasteiger partial charge >= 0.3 is 0 Å². The van der Waals surface area contributed by atoms with Crippen LogP contribution in [-0.4, -0.2) is 35.7 Å². The van der Waals surface area contributed by atoms with Gasteiger partial charge in [-0.3, -0.25) is 4.90 Å². The molecule has 1 fully saturated rings. The molecule has 0 spiro atoms. The third kappa shape index (κ3) is 2.95. The van der Waals surface area contributed by atoms with Crippen LogP contribution in [0.4, 0.5) is 0 Å². The van der Waals surface area contributed by atoms with Crippen LogP contribution in [0.25, 0.3) is 0 Å². The second kappa shape index (κ2) is 4.63. The number of hydrogen-bond acceptors (Lipinski definition) is 2. The lowest BCUT2D eigenvalue weighted by atomic mass is 10.1. The molecule has 1 atom stereocenters. The SMILES string of the molecule is C/C=C(\C)CN1CCC[C@@H](O)C1.